The van der Waals surface area contributed by atoms with Gasteiger partial charge in [-0.2, -0.15) is 0 Å². The highest BCUT2D eigenvalue weighted by Crippen LogP contribution is 2.44. The van der Waals surface area contributed by atoms with Crippen LogP contribution in [0.3, 0.4) is 0 Å². The molecule has 7 heteroatoms. The molecule has 0 bridgehead atoms. The van der Waals surface area contributed by atoms with Crippen molar-refractivity contribution in [3.8, 4) is 73.2 Å². The van der Waals surface area contributed by atoms with Crippen LogP contribution in [-0.4, -0.2) is 19.5 Å². The Hall–Kier alpha value is -9.01. The molecule has 0 fully saturated rings. The molecular formula is C59H34N6S. The monoisotopic (exact) mass is 858 g/mol. The van der Waals surface area contributed by atoms with Crippen LogP contribution < -0.4 is 0 Å². The lowest BCUT2D eigenvalue weighted by Gasteiger charge is -2.17. The van der Waals surface area contributed by atoms with E-state index in [2.05, 4.69) is 111 Å². The Balaban J connectivity index is 1.18. The molecule has 0 aliphatic rings. The van der Waals surface area contributed by atoms with Crippen LogP contribution in [0.2, 0.25) is 0 Å². The van der Waals surface area contributed by atoms with Crippen molar-refractivity contribution in [2.45, 2.75) is 0 Å². The number of hydrogen-bond donors (Lipinski definition) is 0. The summed E-state index contributed by atoms with van der Waals surface area (Å²) in [4.78, 5) is 23.1. The van der Waals surface area contributed by atoms with Crippen LogP contribution in [0.4, 0.5) is 11.4 Å². The summed E-state index contributed by atoms with van der Waals surface area (Å²) < 4.78 is 4.83. The van der Waals surface area contributed by atoms with Gasteiger partial charge in [0, 0.05) is 47.6 Å². The molecule has 0 aliphatic heterocycles. The molecule has 0 N–H and O–H groups in total. The second-order valence-electron chi connectivity index (χ2n) is 16.2. The molecular weight excluding hydrogens is 825 g/mol. The first-order valence-corrected chi connectivity index (χ1v) is 22.4. The standard InChI is InChI=1S/C59H34N6S/c1-60-44-27-20-37(21-28-44)41-24-31-47-48-32-25-42(38-22-29-45(61-2)30-23-38)36-53(48)65(52(47)35-41)51-33-26-43(46-17-11-19-55-56(46)49-16-9-10-18-54(49)66-55)34-50(51)59-63-57(39-12-5-3-6-13-39)62-58(64-59)40-14-7-4-8-15-40/h3-36H. The van der Waals surface area contributed by atoms with Crippen molar-refractivity contribution in [2.24, 2.45) is 0 Å². The van der Waals surface area contributed by atoms with Crippen LogP contribution in [0.25, 0.3) is 125 Å². The molecule has 0 atom stereocenters. The molecule has 306 valence electrons. The van der Waals surface area contributed by atoms with E-state index >= 15 is 0 Å². The van der Waals surface area contributed by atoms with Gasteiger partial charge in [-0.1, -0.05) is 170 Å². The second-order valence-corrected chi connectivity index (χ2v) is 17.2. The molecule has 12 aromatic rings. The highest BCUT2D eigenvalue weighted by atomic mass is 32.1. The van der Waals surface area contributed by atoms with Crippen molar-refractivity contribution >= 4 is 64.7 Å². The highest BCUT2D eigenvalue weighted by Gasteiger charge is 2.22. The van der Waals surface area contributed by atoms with E-state index in [1.54, 1.807) is 0 Å². The fourth-order valence-electron chi connectivity index (χ4n) is 9.12. The summed E-state index contributed by atoms with van der Waals surface area (Å²) in [5, 5.41) is 4.64. The number of hydrogen-bond acceptors (Lipinski definition) is 4. The molecule has 3 heterocycles. The van der Waals surface area contributed by atoms with Crippen LogP contribution in [-0.2, 0) is 0 Å². The summed E-state index contributed by atoms with van der Waals surface area (Å²) in [6.07, 6.45) is 0. The Morgan fingerprint density at radius 2 is 0.864 bits per heavy atom. The molecule has 0 spiro atoms. The maximum Gasteiger partial charge on any atom is 0.187 e. The summed E-state index contributed by atoms with van der Waals surface area (Å²) in [6, 6.07) is 70.9. The van der Waals surface area contributed by atoms with E-state index in [-0.39, 0.29) is 0 Å². The van der Waals surface area contributed by atoms with E-state index in [9.17, 15) is 0 Å². The van der Waals surface area contributed by atoms with Gasteiger partial charge < -0.3 is 4.57 Å². The average molecular weight is 859 g/mol. The molecule has 0 radical (unpaired) electrons. The summed E-state index contributed by atoms with van der Waals surface area (Å²) in [7, 11) is 0. The van der Waals surface area contributed by atoms with Crippen LogP contribution in [0.5, 0.6) is 0 Å². The Kier molecular flexibility index (Phi) is 9.35. The second kappa shape index (κ2) is 16.0. The molecule has 9 aromatic carbocycles. The number of benzene rings is 9. The fourth-order valence-corrected chi connectivity index (χ4v) is 10.2. The highest BCUT2D eigenvalue weighted by molar-refractivity contribution is 7.25. The lowest BCUT2D eigenvalue weighted by atomic mass is 9.96. The minimum atomic E-state index is 0.550. The van der Waals surface area contributed by atoms with Crippen LogP contribution in [0.1, 0.15) is 0 Å². The number of aromatic nitrogens is 4. The minimum absolute atomic E-state index is 0.550. The average Bonchev–Trinajstić information content (AvgIpc) is 3.94. The first kappa shape index (κ1) is 38.6. The van der Waals surface area contributed by atoms with Crippen molar-refractivity contribution < 1.29 is 0 Å². The maximum atomic E-state index is 7.56. The predicted octanol–water partition coefficient (Wildman–Crippen LogP) is 16.4. The quantitative estimate of drug-likeness (QED) is 0.150. The van der Waals surface area contributed by atoms with Gasteiger partial charge in [-0.05, 0) is 69.8 Å². The van der Waals surface area contributed by atoms with Crippen LogP contribution in [0, 0.1) is 13.1 Å². The zero-order valence-corrected chi connectivity index (χ0v) is 36.0. The van der Waals surface area contributed by atoms with Gasteiger partial charge in [0.2, 0.25) is 0 Å². The molecule has 66 heavy (non-hydrogen) atoms. The number of thiophene rings is 1. The van der Waals surface area contributed by atoms with Gasteiger partial charge in [-0.3, -0.25) is 0 Å². The van der Waals surface area contributed by atoms with Crippen molar-refractivity contribution in [2.75, 3.05) is 0 Å². The van der Waals surface area contributed by atoms with E-state index in [1.165, 1.54) is 20.2 Å². The Morgan fingerprint density at radius 3 is 1.44 bits per heavy atom. The summed E-state index contributed by atoms with van der Waals surface area (Å²) >= 11 is 1.81. The zero-order chi connectivity index (χ0) is 44.1. The normalized spacial score (nSPS) is 11.3. The first-order chi connectivity index (χ1) is 32.6. The topological polar surface area (TPSA) is 52.3 Å². The lowest BCUT2D eigenvalue weighted by molar-refractivity contribution is 1.06. The smallest absolute Gasteiger partial charge is 0.187 e. The number of nitrogens with zero attached hydrogens (tertiary/aromatic N) is 6. The number of fused-ring (bicyclic) bond motifs is 6. The largest absolute Gasteiger partial charge is 0.308 e. The molecule has 0 saturated carbocycles. The van der Waals surface area contributed by atoms with Gasteiger partial charge >= 0.3 is 0 Å². The van der Waals surface area contributed by atoms with Crippen molar-refractivity contribution in [1.29, 1.82) is 0 Å². The van der Waals surface area contributed by atoms with E-state index in [1.807, 2.05) is 121 Å². The Bertz CT molecular complexity index is 3760. The van der Waals surface area contributed by atoms with E-state index in [4.69, 9.17) is 28.1 Å². The SMILES string of the molecule is [C-]#[N+]c1ccc(-c2ccc3c4ccc(-c5ccc([N+]#[C-])cc5)cc4n(-c4ccc(-c5cccc6sc7ccccc7c56)cc4-c4nc(-c5ccccc5)nc(-c5ccccc5)n4)c3c2)cc1. The van der Waals surface area contributed by atoms with E-state index in [0.29, 0.717) is 28.8 Å². The van der Waals surface area contributed by atoms with Gasteiger partial charge in [0.1, 0.15) is 0 Å². The van der Waals surface area contributed by atoms with Crippen molar-refractivity contribution in [3.63, 3.8) is 0 Å². The maximum absolute atomic E-state index is 7.56. The number of rotatable bonds is 7. The van der Waals surface area contributed by atoms with Gasteiger partial charge in [-0.25, -0.2) is 24.6 Å². The molecule has 6 nitrogen and oxygen atoms in total. The predicted molar refractivity (Wildman–Crippen MR) is 272 cm³/mol. The Labute approximate surface area is 384 Å². The zero-order valence-electron chi connectivity index (χ0n) is 35.2. The molecule has 0 amide bonds. The van der Waals surface area contributed by atoms with Crippen LogP contribution >= 0.6 is 11.3 Å². The van der Waals surface area contributed by atoms with E-state index < -0.39 is 0 Å². The first-order valence-electron chi connectivity index (χ1n) is 21.6. The third-order valence-corrected chi connectivity index (χ3v) is 13.5. The fraction of sp³-hybridized carbons (Fsp3) is 0. The molecule has 12 rings (SSSR count). The summed E-state index contributed by atoms with van der Waals surface area (Å²) in [5.41, 5.74) is 13.1. The van der Waals surface area contributed by atoms with Gasteiger partial charge in [0.05, 0.1) is 29.9 Å². The van der Waals surface area contributed by atoms with Gasteiger partial charge in [0.25, 0.3) is 0 Å². The molecule has 0 aliphatic carbocycles. The van der Waals surface area contributed by atoms with Crippen molar-refractivity contribution in [3.05, 3.63) is 229 Å². The summed E-state index contributed by atoms with van der Waals surface area (Å²) in [6.45, 7) is 15.1. The third kappa shape index (κ3) is 6.67. The molecule has 0 saturated heterocycles. The Morgan fingerprint density at radius 1 is 0.364 bits per heavy atom. The van der Waals surface area contributed by atoms with Crippen LogP contribution in [0.15, 0.2) is 206 Å². The molecule has 3 aromatic heterocycles. The minimum Gasteiger partial charge on any atom is -0.308 e. The third-order valence-electron chi connectivity index (χ3n) is 12.3. The van der Waals surface area contributed by atoms with Crippen molar-refractivity contribution in [1.82, 2.24) is 19.5 Å². The van der Waals surface area contributed by atoms with Gasteiger partial charge in [-0.15, -0.1) is 11.3 Å². The van der Waals surface area contributed by atoms with E-state index in [0.717, 1.165) is 77.6 Å². The lowest BCUT2D eigenvalue weighted by Crippen LogP contribution is -2.04. The molecule has 0 unspecified atom stereocenters. The summed E-state index contributed by atoms with van der Waals surface area (Å²) in [5.74, 6) is 1.71. The van der Waals surface area contributed by atoms with Gasteiger partial charge in [0.15, 0.2) is 28.8 Å².